The van der Waals surface area contributed by atoms with E-state index in [0.717, 1.165) is 30.5 Å². The van der Waals surface area contributed by atoms with Gasteiger partial charge in [0.2, 0.25) is 12.3 Å². The molecule has 0 unspecified atom stereocenters. The van der Waals surface area contributed by atoms with Gasteiger partial charge in [-0.1, -0.05) is 64.9 Å². The number of hydrogen-bond donors (Lipinski definition) is 1. The number of methoxy groups -OCH3 is 3. The van der Waals surface area contributed by atoms with E-state index in [2.05, 4.69) is 23.9 Å². The van der Waals surface area contributed by atoms with Crippen molar-refractivity contribution in [3.05, 3.63) is 24.3 Å². The van der Waals surface area contributed by atoms with E-state index in [0.29, 0.717) is 36.2 Å². The molecule has 1 atom stereocenters. The average Bonchev–Trinajstić information content (AvgIpc) is 3.37. The van der Waals surface area contributed by atoms with Crippen molar-refractivity contribution in [3.63, 3.8) is 0 Å². The topological polar surface area (TPSA) is 112 Å². The van der Waals surface area contributed by atoms with E-state index in [9.17, 15) is 14.4 Å². The fourth-order valence-corrected chi connectivity index (χ4v) is 5.63. The number of ether oxygens (including phenoxy) is 3. The van der Waals surface area contributed by atoms with E-state index in [1.165, 1.54) is 39.2 Å². The molecule has 1 aromatic heterocycles. The van der Waals surface area contributed by atoms with Crippen LogP contribution < -0.4 is 19.7 Å². The zero-order chi connectivity index (χ0) is 29.8. The van der Waals surface area contributed by atoms with Crippen LogP contribution >= 0.6 is 0 Å². The molecule has 1 aliphatic rings. The Hall–Kier alpha value is -3.56. The molecule has 0 saturated heterocycles. The summed E-state index contributed by atoms with van der Waals surface area (Å²) >= 11 is 0. The van der Waals surface area contributed by atoms with Crippen LogP contribution in [0.3, 0.4) is 0 Å². The molecule has 3 rings (SSSR count). The van der Waals surface area contributed by atoms with E-state index in [-0.39, 0.29) is 24.8 Å². The van der Waals surface area contributed by atoms with Crippen molar-refractivity contribution >= 4 is 24.1 Å². The van der Waals surface area contributed by atoms with Gasteiger partial charge in [-0.3, -0.25) is 24.0 Å². The maximum Gasteiger partial charge on any atom is 0.325 e. The first-order chi connectivity index (χ1) is 19.8. The Morgan fingerprint density at radius 3 is 2.39 bits per heavy atom. The molecule has 2 aromatic rings. The number of carbonyl (C=O) groups is 3. The summed E-state index contributed by atoms with van der Waals surface area (Å²) in [5.74, 6) is 1.83. The largest absolute Gasteiger partial charge is 0.496 e. The third kappa shape index (κ3) is 8.96. The fourth-order valence-electron chi connectivity index (χ4n) is 5.63. The number of hydrogen-bond acceptors (Lipinski definition) is 7. The Morgan fingerprint density at radius 2 is 1.80 bits per heavy atom. The lowest BCUT2D eigenvalue weighted by Gasteiger charge is -2.27. The van der Waals surface area contributed by atoms with Crippen LogP contribution in [0.15, 0.2) is 24.3 Å². The first kappa shape index (κ1) is 32.0. The SMILES string of the molecule is COC(=O)CNC(=O)C[C@H](CCCC1CCCCC1)N(C=O)c1cc(-c2c(OC)cccc2OC)n(CC(C)C)n1. The molecule has 10 heteroatoms. The number of nitrogens with zero attached hydrogens (tertiary/aromatic N) is 3. The summed E-state index contributed by atoms with van der Waals surface area (Å²) in [6, 6.07) is 7.02. The van der Waals surface area contributed by atoms with Crippen molar-refractivity contribution < 1.29 is 28.6 Å². The predicted molar refractivity (Wildman–Crippen MR) is 158 cm³/mol. The van der Waals surface area contributed by atoms with Crippen molar-refractivity contribution in [1.29, 1.82) is 0 Å². The summed E-state index contributed by atoms with van der Waals surface area (Å²) in [5.41, 5.74) is 1.50. The average molecular weight is 571 g/mol. The highest BCUT2D eigenvalue weighted by Gasteiger charge is 2.27. The smallest absolute Gasteiger partial charge is 0.325 e. The quantitative estimate of drug-likeness (QED) is 0.224. The number of carbonyl (C=O) groups excluding carboxylic acids is 3. The number of amides is 2. The number of esters is 1. The van der Waals surface area contributed by atoms with Crippen molar-refractivity contribution in [3.8, 4) is 22.8 Å². The summed E-state index contributed by atoms with van der Waals surface area (Å²) in [7, 11) is 4.49. The van der Waals surface area contributed by atoms with Gasteiger partial charge in [0.15, 0.2) is 5.82 Å². The molecule has 2 amide bonds. The molecule has 0 radical (unpaired) electrons. The lowest BCUT2D eigenvalue weighted by Crippen LogP contribution is -2.40. The number of nitrogens with one attached hydrogen (secondary N) is 1. The molecule has 1 saturated carbocycles. The highest BCUT2D eigenvalue weighted by Crippen LogP contribution is 2.40. The molecular formula is C31H46N4O6. The lowest BCUT2D eigenvalue weighted by molar-refractivity contribution is -0.141. The summed E-state index contributed by atoms with van der Waals surface area (Å²) in [6.07, 6.45) is 9.73. The molecule has 1 heterocycles. The van der Waals surface area contributed by atoms with Gasteiger partial charge in [-0.15, -0.1) is 0 Å². The Morgan fingerprint density at radius 1 is 1.12 bits per heavy atom. The van der Waals surface area contributed by atoms with Crippen LogP contribution in [-0.4, -0.2) is 62.0 Å². The highest BCUT2D eigenvalue weighted by molar-refractivity contribution is 5.85. The first-order valence-corrected chi connectivity index (χ1v) is 14.7. The second-order valence-electron chi connectivity index (χ2n) is 11.2. The van der Waals surface area contributed by atoms with Crippen molar-refractivity contribution in [2.75, 3.05) is 32.8 Å². The Balaban J connectivity index is 1.94. The molecule has 1 N–H and O–H groups in total. The van der Waals surface area contributed by atoms with Crippen LogP contribution in [0.5, 0.6) is 11.5 Å². The number of aromatic nitrogens is 2. The van der Waals surface area contributed by atoms with Gasteiger partial charge in [-0.2, -0.15) is 5.10 Å². The van der Waals surface area contributed by atoms with Gasteiger partial charge in [0, 0.05) is 25.1 Å². The van der Waals surface area contributed by atoms with Crippen molar-refractivity contribution in [2.24, 2.45) is 11.8 Å². The number of benzene rings is 1. The van der Waals surface area contributed by atoms with Crippen LogP contribution in [0.4, 0.5) is 5.82 Å². The van der Waals surface area contributed by atoms with Gasteiger partial charge < -0.3 is 19.5 Å². The van der Waals surface area contributed by atoms with E-state index in [1.807, 2.05) is 28.9 Å². The van der Waals surface area contributed by atoms with Gasteiger partial charge in [0.1, 0.15) is 18.0 Å². The second-order valence-corrected chi connectivity index (χ2v) is 11.2. The van der Waals surface area contributed by atoms with Gasteiger partial charge in [0.05, 0.1) is 32.6 Å². The molecule has 1 aliphatic carbocycles. The number of rotatable bonds is 16. The number of anilines is 1. The lowest BCUT2D eigenvalue weighted by atomic mass is 9.85. The molecule has 0 spiro atoms. The van der Waals surface area contributed by atoms with E-state index < -0.39 is 12.0 Å². The van der Waals surface area contributed by atoms with Gasteiger partial charge in [-0.25, -0.2) is 0 Å². The summed E-state index contributed by atoms with van der Waals surface area (Å²) in [4.78, 5) is 38.7. The third-order valence-corrected chi connectivity index (χ3v) is 7.71. The van der Waals surface area contributed by atoms with Crippen molar-refractivity contribution in [2.45, 2.75) is 84.2 Å². The first-order valence-electron chi connectivity index (χ1n) is 14.7. The van der Waals surface area contributed by atoms with Gasteiger partial charge >= 0.3 is 5.97 Å². The molecule has 1 fully saturated rings. The Kier molecular flexibility index (Phi) is 12.5. The van der Waals surface area contributed by atoms with E-state index in [1.54, 1.807) is 19.1 Å². The second kappa shape index (κ2) is 16.0. The minimum atomic E-state index is -0.526. The molecule has 1 aromatic carbocycles. The molecule has 226 valence electrons. The summed E-state index contributed by atoms with van der Waals surface area (Å²) in [6.45, 7) is 4.59. The zero-order valence-corrected chi connectivity index (χ0v) is 25.2. The molecule has 41 heavy (non-hydrogen) atoms. The molecule has 10 nitrogen and oxygen atoms in total. The highest BCUT2D eigenvalue weighted by atomic mass is 16.5. The molecule has 0 bridgehead atoms. The normalized spacial score (nSPS) is 14.4. The minimum absolute atomic E-state index is 0.0464. The van der Waals surface area contributed by atoms with E-state index in [4.69, 9.17) is 14.6 Å². The molecule has 0 aliphatic heterocycles. The Bertz CT molecular complexity index is 1120. The summed E-state index contributed by atoms with van der Waals surface area (Å²) in [5, 5.41) is 7.47. The minimum Gasteiger partial charge on any atom is -0.496 e. The van der Waals surface area contributed by atoms with Crippen LogP contribution in [0.2, 0.25) is 0 Å². The van der Waals surface area contributed by atoms with Crippen molar-refractivity contribution in [1.82, 2.24) is 15.1 Å². The van der Waals surface area contributed by atoms with Gasteiger partial charge in [-0.05, 0) is 30.4 Å². The van der Waals surface area contributed by atoms with Crippen LogP contribution in [0.1, 0.15) is 71.6 Å². The van der Waals surface area contributed by atoms with Crippen LogP contribution in [-0.2, 0) is 25.7 Å². The summed E-state index contributed by atoms with van der Waals surface area (Å²) < 4.78 is 17.9. The maximum absolute atomic E-state index is 12.9. The fraction of sp³-hybridized carbons (Fsp3) is 0.613. The maximum atomic E-state index is 12.9. The van der Waals surface area contributed by atoms with Crippen LogP contribution in [0, 0.1) is 11.8 Å². The third-order valence-electron chi connectivity index (χ3n) is 7.71. The van der Waals surface area contributed by atoms with Crippen LogP contribution in [0.25, 0.3) is 11.3 Å². The standard InChI is InChI=1S/C31H46N4O6/c1-22(2)20-35-25(31-26(39-3)15-10-16-27(31)40-4)18-28(33-35)34(21-36)24(17-29(37)32-19-30(38)41-5)14-9-13-23-11-7-6-8-12-23/h10,15-16,18,21-24H,6-9,11-14,17,19-20H2,1-5H3,(H,32,37)/t24-/m0/s1. The van der Waals surface area contributed by atoms with E-state index >= 15 is 0 Å². The zero-order valence-electron chi connectivity index (χ0n) is 25.2. The predicted octanol–water partition coefficient (Wildman–Crippen LogP) is 4.98. The van der Waals surface area contributed by atoms with Gasteiger partial charge in [0.25, 0.3) is 0 Å². The molecular weight excluding hydrogens is 524 g/mol. The Labute approximate surface area is 243 Å². The monoisotopic (exact) mass is 570 g/mol.